The third-order valence-corrected chi connectivity index (χ3v) is 2.58. The van der Waals surface area contributed by atoms with E-state index in [9.17, 15) is 4.79 Å². The summed E-state index contributed by atoms with van der Waals surface area (Å²) in [5.74, 6) is 0.463. The fourth-order valence-electron chi connectivity index (χ4n) is 1.34. The van der Waals surface area contributed by atoms with Crippen LogP contribution < -0.4 is 10.6 Å². The van der Waals surface area contributed by atoms with Gasteiger partial charge in [-0.1, -0.05) is 31.5 Å². The molecule has 0 saturated heterocycles. The van der Waals surface area contributed by atoms with E-state index in [4.69, 9.17) is 11.6 Å². The molecular weight excluding hydrogens is 236 g/mol. The molecule has 0 aliphatic carbocycles. The number of carbonyl (C=O) groups is 1. The first-order chi connectivity index (χ1) is 7.99. The largest absolute Gasteiger partial charge is 0.376 e. The molecule has 17 heavy (non-hydrogen) atoms. The van der Waals surface area contributed by atoms with Gasteiger partial charge in [0.15, 0.2) is 0 Å². The quantitative estimate of drug-likeness (QED) is 0.848. The second-order valence-electron chi connectivity index (χ2n) is 4.51. The lowest BCUT2D eigenvalue weighted by Gasteiger charge is -2.11. The predicted molar refractivity (Wildman–Crippen MR) is 72.5 cm³/mol. The van der Waals surface area contributed by atoms with E-state index in [1.54, 1.807) is 0 Å². The van der Waals surface area contributed by atoms with Gasteiger partial charge >= 0.3 is 0 Å². The molecule has 1 amide bonds. The molecule has 0 atom stereocenters. The van der Waals surface area contributed by atoms with E-state index in [1.165, 1.54) is 0 Å². The molecule has 0 aliphatic heterocycles. The Balaban J connectivity index is 2.44. The summed E-state index contributed by atoms with van der Waals surface area (Å²) in [6, 6.07) is 5.59. The van der Waals surface area contributed by atoms with E-state index in [0.29, 0.717) is 17.5 Å². The summed E-state index contributed by atoms with van der Waals surface area (Å²) in [7, 11) is 0. The van der Waals surface area contributed by atoms with Crippen LogP contribution in [0, 0.1) is 12.8 Å². The Labute approximate surface area is 108 Å². The molecule has 1 aromatic carbocycles. The highest BCUT2D eigenvalue weighted by Gasteiger charge is 2.04. The van der Waals surface area contributed by atoms with Crippen LogP contribution in [0.5, 0.6) is 0 Å². The van der Waals surface area contributed by atoms with Crippen molar-refractivity contribution in [1.82, 2.24) is 5.32 Å². The topological polar surface area (TPSA) is 41.1 Å². The van der Waals surface area contributed by atoms with Crippen LogP contribution >= 0.6 is 11.6 Å². The summed E-state index contributed by atoms with van der Waals surface area (Å²) < 4.78 is 0. The number of hydrogen-bond acceptors (Lipinski definition) is 2. The SMILES string of the molecule is Cc1ccc(Cl)cc1NCC(=O)NCC(C)C. The third-order valence-electron chi connectivity index (χ3n) is 2.35. The molecule has 3 nitrogen and oxygen atoms in total. The van der Waals surface area contributed by atoms with Gasteiger partial charge in [0.25, 0.3) is 0 Å². The van der Waals surface area contributed by atoms with Gasteiger partial charge in [-0.05, 0) is 30.5 Å². The van der Waals surface area contributed by atoms with Crippen molar-refractivity contribution >= 4 is 23.2 Å². The maximum Gasteiger partial charge on any atom is 0.239 e. The van der Waals surface area contributed by atoms with Crippen LogP contribution in [0.25, 0.3) is 0 Å². The Morgan fingerprint density at radius 3 is 2.76 bits per heavy atom. The van der Waals surface area contributed by atoms with E-state index in [1.807, 2.05) is 25.1 Å². The maximum absolute atomic E-state index is 11.5. The van der Waals surface area contributed by atoms with Gasteiger partial charge < -0.3 is 10.6 Å². The minimum atomic E-state index is -0.00178. The van der Waals surface area contributed by atoms with Gasteiger partial charge in [0.05, 0.1) is 6.54 Å². The number of hydrogen-bond donors (Lipinski definition) is 2. The first-order valence-corrected chi connectivity index (χ1v) is 6.13. The van der Waals surface area contributed by atoms with Crippen molar-refractivity contribution in [3.63, 3.8) is 0 Å². The van der Waals surface area contributed by atoms with Gasteiger partial charge in [-0.25, -0.2) is 0 Å². The van der Waals surface area contributed by atoms with Crippen LogP contribution in [-0.2, 0) is 4.79 Å². The van der Waals surface area contributed by atoms with Crippen molar-refractivity contribution in [3.8, 4) is 0 Å². The molecule has 0 bridgehead atoms. The second-order valence-corrected chi connectivity index (χ2v) is 4.95. The Morgan fingerprint density at radius 1 is 1.41 bits per heavy atom. The molecule has 2 N–H and O–H groups in total. The normalized spacial score (nSPS) is 10.4. The van der Waals surface area contributed by atoms with Crippen molar-refractivity contribution in [3.05, 3.63) is 28.8 Å². The van der Waals surface area contributed by atoms with Crippen LogP contribution in [0.3, 0.4) is 0 Å². The van der Waals surface area contributed by atoms with Gasteiger partial charge in [0, 0.05) is 17.3 Å². The molecule has 1 rings (SSSR count). The molecule has 0 aromatic heterocycles. The smallest absolute Gasteiger partial charge is 0.239 e. The Morgan fingerprint density at radius 2 is 2.12 bits per heavy atom. The first kappa shape index (κ1) is 13.8. The Kier molecular flexibility index (Phi) is 5.29. The van der Waals surface area contributed by atoms with Crippen molar-refractivity contribution < 1.29 is 4.79 Å². The zero-order valence-corrected chi connectivity index (χ0v) is 11.3. The monoisotopic (exact) mass is 254 g/mol. The zero-order valence-electron chi connectivity index (χ0n) is 10.5. The molecule has 0 aliphatic rings. The minimum absolute atomic E-state index is 0.00178. The molecule has 4 heteroatoms. The molecule has 94 valence electrons. The van der Waals surface area contributed by atoms with Gasteiger partial charge in [0.2, 0.25) is 5.91 Å². The number of amides is 1. The lowest BCUT2D eigenvalue weighted by molar-refractivity contribution is -0.119. The van der Waals surface area contributed by atoms with E-state index >= 15 is 0 Å². The summed E-state index contributed by atoms with van der Waals surface area (Å²) in [6.07, 6.45) is 0. The average molecular weight is 255 g/mol. The van der Waals surface area contributed by atoms with Gasteiger partial charge in [0.1, 0.15) is 0 Å². The van der Waals surface area contributed by atoms with E-state index < -0.39 is 0 Å². The fourth-order valence-corrected chi connectivity index (χ4v) is 1.51. The molecular formula is C13H19ClN2O. The van der Waals surface area contributed by atoms with Crippen molar-refractivity contribution in [2.45, 2.75) is 20.8 Å². The zero-order chi connectivity index (χ0) is 12.8. The molecule has 0 radical (unpaired) electrons. The average Bonchev–Trinajstić information content (AvgIpc) is 2.27. The standard InChI is InChI=1S/C13H19ClN2O/c1-9(2)7-16-13(17)8-15-12-6-11(14)5-4-10(12)3/h4-6,9,15H,7-8H2,1-3H3,(H,16,17). The van der Waals surface area contributed by atoms with Crippen LogP contribution in [0.15, 0.2) is 18.2 Å². The third kappa shape index (κ3) is 5.09. The highest BCUT2D eigenvalue weighted by molar-refractivity contribution is 6.30. The van der Waals surface area contributed by atoms with Gasteiger partial charge in [-0.3, -0.25) is 4.79 Å². The number of halogens is 1. The number of benzene rings is 1. The van der Waals surface area contributed by atoms with Crippen molar-refractivity contribution in [2.75, 3.05) is 18.4 Å². The van der Waals surface area contributed by atoms with E-state index in [2.05, 4.69) is 24.5 Å². The molecule has 0 saturated carbocycles. The Bertz CT molecular complexity index is 391. The number of anilines is 1. The predicted octanol–water partition coefficient (Wildman–Crippen LogP) is 2.83. The summed E-state index contributed by atoms with van der Waals surface area (Å²) >= 11 is 5.89. The first-order valence-electron chi connectivity index (χ1n) is 5.75. The van der Waals surface area contributed by atoms with E-state index in [-0.39, 0.29) is 12.5 Å². The number of rotatable bonds is 5. The minimum Gasteiger partial charge on any atom is -0.376 e. The Hall–Kier alpha value is -1.22. The van der Waals surface area contributed by atoms with Crippen LogP contribution in [0.1, 0.15) is 19.4 Å². The number of carbonyl (C=O) groups excluding carboxylic acids is 1. The van der Waals surface area contributed by atoms with Crippen molar-refractivity contribution in [1.29, 1.82) is 0 Å². The number of aryl methyl sites for hydroxylation is 1. The summed E-state index contributed by atoms with van der Waals surface area (Å²) in [5, 5.41) is 6.60. The molecule has 0 unspecified atom stereocenters. The lowest BCUT2D eigenvalue weighted by Crippen LogP contribution is -2.32. The number of nitrogens with one attached hydrogen (secondary N) is 2. The second kappa shape index (κ2) is 6.50. The maximum atomic E-state index is 11.5. The lowest BCUT2D eigenvalue weighted by atomic mass is 10.2. The summed E-state index contributed by atoms with van der Waals surface area (Å²) in [4.78, 5) is 11.5. The summed E-state index contributed by atoms with van der Waals surface area (Å²) in [6.45, 7) is 7.08. The van der Waals surface area contributed by atoms with Gasteiger partial charge in [-0.15, -0.1) is 0 Å². The molecule has 1 aromatic rings. The van der Waals surface area contributed by atoms with Crippen LogP contribution in [0.2, 0.25) is 5.02 Å². The highest BCUT2D eigenvalue weighted by Crippen LogP contribution is 2.19. The van der Waals surface area contributed by atoms with Gasteiger partial charge in [-0.2, -0.15) is 0 Å². The highest BCUT2D eigenvalue weighted by atomic mass is 35.5. The molecule has 0 spiro atoms. The molecule has 0 fully saturated rings. The molecule has 0 heterocycles. The summed E-state index contributed by atoms with van der Waals surface area (Å²) in [5.41, 5.74) is 1.98. The van der Waals surface area contributed by atoms with Crippen molar-refractivity contribution in [2.24, 2.45) is 5.92 Å². The van der Waals surface area contributed by atoms with Crippen LogP contribution in [0.4, 0.5) is 5.69 Å². The van der Waals surface area contributed by atoms with Crippen LogP contribution in [-0.4, -0.2) is 19.0 Å². The van der Waals surface area contributed by atoms with E-state index in [0.717, 1.165) is 11.3 Å². The fraction of sp³-hybridized carbons (Fsp3) is 0.462.